The molecule has 2 aromatic carbocycles. The highest BCUT2D eigenvalue weighted by Gasteiger charge is 2.22. The zero-order chi connectivity index (χ0) is 21.6. The number of anilines is 2. The highest BCUT2D eigenvalue weighted by molar-refractivity contribution is 9.10. The lowest BCUT2D eigenvalue weighted by atomic mass is 9.86. The van der Waals surface area contributed by atoms with E-state index in [-0.39, 0.29) is 0 Å². The number of aromatic nitrogens is 2. The SMILES string of the molecule is CN(C)c1nc(NC2CCC(CNCCc3cccc(Br)c3)CC2)nc2ccccc12. The van der Waals surface area contributed by atoms with Crippen molar-refractivity contribution in [1.29, 1.82) is 0 Å². The Morgan fingerprint density at radius 3 is 2.58 bits per heavy atom. The molecule has 164 valence electrons. The average Bonchev–Trinajstić information content (AvgIpc) is 2.77. The molecule has 1 fully saturated rings. The van der Waals surface area contributed by atoms with Crippen LogP contribution in [0.15, 0.2) is 53.0 Å². The van der Waals surface area contributed by atoms with Crippen LogP contribution in [0, 0.1) is 5.92 Å². The van der Waals surface area contributed by atoms with Gasteiger partial charge in [-0.05, 0) is 80.9 Å². The van der Waals surface area contributed by atoms with E-state index in [1.807, 2.05) is 26.2 Å². The Morgan fingerprint density at radius 1 is 1.00 bits per heavy atom. The van der Waals surface area contributed by atoms with Crippen LogP contribution >= 0.6 is 15.9 Å². The van der Waals surface area contributed by atoms with Crippen molar-refractivity contribution in [2.75, 3.05) is 37.4 Å². The molecule has 0 atom stereocenters. The molecular formula is C25H32BrN5. The van der Waals surface area contributed by atoms with E-state index >= 15 is 0 Å². The Balaban J connectivity index is 1.25. The molecule has 31 heavy (non-hydrogen) atoms. The molecule has 1 aliphatic rings. The molecule has 1 aromatic heterocycles. The number of rotatable bonds is 8. The molecule has 0 unspecified atom stereocenters. The summed E-state index contributed by atoms with van der Waals surface area (Å²) in [6.45, 7) is 2.14. The lowest BCUT2D eigenvalue weighted by Gasteiger charge is -2.29. The second-order valence-electron chi connectivity index (χ2n) is 8.73. The van der Waals surface area contributed by atoms with Crippen LogP contribution in [0.3, 0.4) is 0 Å². The normalized spacial score (nSPS) is 18.8. The number of nitrogens with one attached hydrogen (secondary N) is 2. The number of nitrogens with zero attached hydrogens (tertiary/aromatic N) is 3. The molecule has 2 N–H and O–H groups in total. The van der Waals surface area contributed by atoms with Gasteiger partial charge >= 0.3 is 0 Å². The van der Waals surface area contributed by atoms with Crippen molar-refractivity contribution in [2.45, 2.75) is 38.1 Å². The van der Waals surface area contributed by atoms with Crippen molar-refractivity contribution in [3.05, 3.63) is 58.6 Å². The van der Waals surface area contributed by atoms with Gasteiger partial charge in [0.15, 0.2) is 0 Å². The second-order valence-corrected chi connectivity index (χ2v) is 9.64. The van der Waals surface area contributed by atoms with E-state index in [2.05, 4.69) is 67.9 Å². The van der Waals surface area contributed by atoms with Gasteiger partial charge in [0.2, 0.25) is 5.95 Å². The first-order chi connectivity index (χ1) is 15.1. The van der Waals surface area contributed by atoms with E-state index in [9.17, 15) is 0 Å². The number of hydrogen-bond donors (Lipinski definition) is 2. The smallest absolute Gasteiger partial charge is 0.225 e. The van der Waals surface area contributed by atoms with Gasteiger partial charge in [-0.15, -0.1) is 0 Å². The molecule has 0 aliphatic heterocycles. The standard InChI is InChI=1S/C25H32BrN5/c1-31(2)24-22-8-3-4-9-23(22)29-25(30-24)28-21-12-10-19(11-13-21)17-27-15-14-18-6-5-7-20(26)16-18/h3-9,16,19,21,27H,10-15,17H2,1-2H3,(H,28,29,30). The quantitative estimate of drug-likeness (QED) is 0.429. The summed E-state index contributed by atoms with van der Waals surface area (Å²) in [4.78, 5) is 11.6. The molecular weight excluding hydrogens is 450 g/mol. The topological polar surface area (TPSA) is 53.1 Å². The molecule has 0 bridgehead atoms. The number of para-hydroxylation sites is 1. The van der Waals surface area contributed by atoms with Crippen LogP contribution in [0.1, 0.15) is 31.2 Å². The van der Waals surface area contributed by atoms with Gasteiger partial charge in [-0.2, -0.15) is 4.98 Å². The fourth-order valence-corrected chi connectivity index (χ4v) is 4.84. The number of fused-ring (bicyclic) bond motifs is 1. The lowest BCUT2D eigenvalue weighted by molar-refractivity contribution is 0.325. The van der Waals surface area contributed by atoms with Crippen molar-refractivity contribution in [2.24, 2.45) is 5.92 Å². The van der Waals surface area contributed by atoms with Crippen molar-refractivity contribution >= 4 is 38.6 Å². The molecule has 1 aliphatic carbocycles. The summed E-state index contributed by atoms with van der Waals surface area (Å²) in [7, 11) is 4.07. The van der Waals surface area contributed by atoms with Crippen LogP contribution in [0.4, 0.5) is 11.8 Å². The maximum Gasteiger partial charge on any atom is 0.225 e. The monoisotopic (exact) mass is 481 g/mol. The minimum Gasteiger partial charge on any atom is -0.362 e. The van der Waals surface area contributed by atoms with Crippen LogP contribution < -0.4 is 15.5 Å². The number of hydrogen-bond acceptors (Lipinski definition) is 5. The summed E-state index contributed by atoms with van der Waals surface area (Å²) in [6.07, 6.45) is 5.91. The Morgan fingerprint density at radius 2 is 1.81 bits per heavy atom. The fraction of sp³-hybridized carbons (Fsp3) is 0.440. The highest BCUT2D eigenvalue weighted by atomic mass is 79.9. The van der Waals surface area contributed by atoms with Crippen LogP contribution in [-0.4, -0.2) is 43.2 Å². The van der Waals surface area contributed by atoms with Gasteiger partial charge in [-0.3, -0.25) is 0 Å². The van der Waals surface area contributed by atoms with Gasteiger partial charge < -0.3 is 15.5 Å². The van der Waals surface area contributed by atoms with Crippen molar-refractivity contribution in [3.8, 4) is 0 Å². The molecule has 3 aromatic rings. The first-order valence-corrected chi connectivity index (χ1v) is 12.0. The summed E-state index contributed by atoms with van der Waals surface area (Å²) in [5.41, 5.74) is 2.37. The number of benzene rings is 2. The Labute approximate surface area is 193 Å². The van der Waals surface area contributed by atoms with Crippen LogP contribution in [0.25, 0.3) is 10.9 Å². The van der Waals surface area contributed by atoms with E-state index in [0.29, 0.717) is 6.04 Å². The zero-order valence-corrected chi connectivity index (χ0v) is 20.0. The van der Waals surface area contributed by atoms with E-state index in [4.69, 9.17) is 9.97 Å². The van der Waals surface area contributed by atoms with E-state index in [1.54, 1.807) is 0 Å². The van der Waals surface area contributed by atoms with E-state index in [0.717, 1.165) is 52.6 Å². The molecule has 0 radical (unpaired) electrons. The third-order valence-corrected chi connectivity index (χ3v) is 6.59. The van der Waals surface area contributed by atoms with Gasteiger partial charge in [0, 0.05) is 30.0 Å². The molecule has 1 saturated carbocycles. The van der Waals surface area contributed by atoms with Gasteiger partial charge in [-0.1, -0.05) is 40.2 Å². The Bertz CT molecular complexity index is 998. The van der Waals surface area contributed by atoms with Crippen molar-refractivity contribution in [1.82, 2.24) is 15.3 Å². The summed E-state index contributed by atoms with van der Waals surface area (Å²) in [5.74, 6) is 2.48. The van der Waals surface area contributed by atoms with Gasteiger partial charge in [0.05, 0.1) is 5.52 Å². The minimum atomic E-state index is 0.453. The van der Waals surface area contributed by atoms with Crippen LogP contribution in [0.5, 0.6) is 0 Å². The van der Waals surface area contributed by atoms with Gasteiger partial charge in [0.25, 0.3) is 0 Å². The maximum absolute atomic E-state index is 4.80. The molecule has 1 heterocycles. The Hall–Kier alpha value is -2.18. The first kappa shape index (κ1) is 22.0. The van der Waals surface area contributed by atoms with Crippen LogP contribution in [-0.2, 0) is 6.42 Å². The van der Waals surface area contributed by atoms with E-state index < -0.39 is 0 Å². The molecule has 5 nitrogen and oxygen atoms in total. The average molecular weight is 482 g/mol. The molecule has 0 spiro atoms. The van der Waals surface area contributed by atoms with Gasteiger partial charge in [-0.25, -0.2) is 4.98 Å². The van der Waals surface area contributed by atoms with Crippen molar-refractivity contribution in [3.63, 3.8) is 0 Å². The third-order valence-electron chi connectivity index (χ3n) is 6.10. The first-order valence-electron chi connectivity index (χ1n) is 11.2. The number of halogens is 1. The summed E-state index contributed by atoms with van der Waals surface area (Å²) in [6, 6.07) is 17.3. The Kier molecular flexibility index (Phi) is 7.41. The third kappa shape index (κ3) is 5.95. The van der Waals surface area contributed by atoms with Crippen LogP contribution in [0.2, 0.25) is 0 Å². The molecule has 4 rings (SSSR count). The zero-order valence-electron chi connectivity index (χ0n) is 18.4. The molecule has 0 saturated heterocycles. The predicted octanol–water partition coefficient (Wildman–Crippen LogP) is 5.26. The molecule has 6 heteroatoms. The second kappa shape index (κ2) is 10.4. The van der Waals surface area contributed by atoms with E-state index in [1.165, 1.54) is 31.2 Å². The predicted molar refractivity (Wildman–Crippen MR) is 134 cm³/mol. The largest absolute Gasteiger partial charge is 0.362 e. The summed E-state index contributed by atoms with van der Waals surface area (Å²) in [5, 5.41) is 8.36. The highest BCUT2D eigenvalue weighted by Crippen LogP contribution is 2.28. The van der Waals surface area contributed by atoms with Crippen molar-refractivity contribution < 1.29 is 0 Å². The summed E-state index contributed by atoms with van der Waals surface area (Å²) < 4.78 is 1.16. The molecule has 0 amide bonds. The lowest BCUT2D eigenvalue weighted by Crippen LogP contribution is -2.32. The fourth-order valence-electron chi connectivity index (χ4n) is 4.39. The summed E-state index contributed by atoms with van der Waals surface area (Å²) >= 11 is 3.55. The minimum absolute atomic E-state index is 0.453. The van der Waals surface area contributed by atoms with Gasteiger partial charge in [0.1, 0.15) is 5.82 Å². The maximum atomic E-state index is 4.80.